The maximum atomic E-state index is 12.3. The molecule has 0 bridgehead atoms. The number of unbranched alkanes of at least 4 members (excludes halogenated alkanes) is 1. The number of thioether (sulfide) groups is 1. The van der Waals surface area contributed by atoms with Gasteiger partial charge in [-0.15, -0.1) is 10.2 Å². The number of amides is 1. The molecule has 4 aromatic rings. The number of para-hydroxylation sites is 1. The van der Waals surface area contributed by atoms with Crippen LogP contribution in [0.4, 0.5) is 0 Å². The Morgan fingerprint density at radius 1 is 0.921 bits per heavy atom. The molecule has 7 nitrogen and oxygen atoms in total. The Kier molecular flexibility index (Phi) is 9.81. The smallest absolute Gasteiger partial charge is 0.220 e. The van der Waals surface area contributed by atoms with E-state index in [-0.39, 0.29) is 5.91 Å². The fraction of sp³-hybridized carbons (Fsp3) is 0.300. The van der Waals surface area contributed by atoms with Crippen molar-refractivity contribution < 1.29 is 14.3 Å². The number of carbonyl (C=O) groups excluding carboxylic acids is 1. The molecule has 1 heterocycles. The summed E-state index contributed by atoms with van der Waals surface area (Å²) in [6.45, 7) is 2.66. The lowest BCUT2D eigenvalue weighted by atomic mass is 10.1. The minimum Gasteiger partial charge on any atom is -0.493 e. The highest BCUT2D eigenvalue weighted by molar-refractivity contribution is 7.99. The summed E-state index contributed by atoms with van der Waals surface area (Å²) in [5, 5.41) is 12.9. The Morgan fingerprint density at radius 2 is 1.68 bits per heavy atom. The van der Waals surface area contributed by atoms with E-state index in [2.05, 4.69) is 63.4 Å². The topological polar surface area (TPSA) is 78.3 Å². The Bertz CT molecular complexity index is 1320. The maximum absolute atomic E-state index is 12.3. The number of nitrogens with zero attached hydrogens (tertiary/aromatic N) is 3. The highest BCUT2D eigenvalue weighted by Gasteiger charge is 2.16. The Hall–Kier alpha value is -3.78. The number of hydrogen-bond acceptors (Lipinski definition) is 6. The summed E-state index contributed by atoms with van der Waals surface area (Å²) in [5.74, 6) is 3.16. The number of aryl methyl sites for hydroxylation is 1. The molecule has 1 N–H and O–H groups in total. The summed E-state index contributed by atoms with van der Waals surface area (Å²) in [6, 6.07) is 24.3. The monoisotopic (exact) mass is 530 g/mol. The van der Waals surface area contributed by atoms with Gasteiger partial charge in [0.2, 0.25) is 5.91 Å². The van der Waals surface area contributed by atoms with E-state index < -0.39 is 0 Å². The van der Waals surface area contributed by atoms with Crippen molar-refractivity contribution in [2.75, 3.05) is 26.5 Å². The number of ether oxygens (including phenoxy) is 2. The molecule has 0 aliphatic carbocycles. The van der Waals surface area contributed by atoms with E-state index >= 15 is 0 Å². The lowest BCUT2D eigenvalue weighted by Gasteiger charge is -2.11. The van der Waals surface area contributed by atoms with Gasteiger partial charge in [0.1, 0.15) is 0 Å². The van der Waals surface area contributed by atoms with Gasteiger partial charge in [-0.3, -0.25) is 9.36 Å². The molecule has 4 rings (SSSR count). The van der Waals surface area contributed by atoms with Gasteiger partial charge < -0.3 is 14.8 Å². The van der Waals surface area contributed by atoms with Gasteiger partial charge in [-0.1, -0.05) is 65.9 Å². The molecule has 0 unspecified atom stereocenters. The van der Waals surface area contributed by atoms with Crippen LogP contribution in [0, 0.1) is 6.92 Å². The molecule has 1 amide bonds. The molecule has 0 aliphatic rings. The van der Waals surface area contributed by atoms with Crippen LogP contribution in [-0.4, -0.2) is 47.2 Å². The third kappa shape index (κ3) is 7.16. The first kappa shape index (κ1) is 27.3. The maximum Gasteiger partial charge on any atom is 0.220 e. The second-order valence-electron chi connectivity index (χ2n) is 8.94. The second kappa shape index (κ2) is 13.7. The van der Waals surface area contributed by atoms with Crippen molar-refractivity contribution in [2.24, 2.45) is 0 Å². The van der Waals surface area contributed by atoms with Gasteiger partial charge in [-0.25, -0.2) is 0 Å². The zero-order valence-corrected chi connectivity index (χ0v) is 23.0. The van der Waals surface area contributed by atoms with Gasteiger partial charge in [-0.2, -0.15) is 0 Å². The molecule has 0 aliphatic heterocycles. The highest BCUT2D eigenvalue weighted by Crippen LogP contribution is 2.29. The van der Waals surface area contributed by atoms with Crippen LogP contribution in [0.15, 0.2) is 78.0 Å². The number of benzene rings is 3. The van der Waals surface area contributed by atoms with Crippen molar-refractivity contribution in [3.05, 3.63) is 83.9 Å². The van der Waals surface area contributed by atoms with Crippen molar-refractivity contribution in [2.45, 2.75) is 37.8 Å². The lowest BCUT2D eigenvalue weighted by Crippen LogP contribution is -2.25. The van der Waals surface area contributed by atoms with Gasteiger partial charge in [0.15, 0.2) is 22.5 Å². The van der Waals surface area contributed by atoms with Crippen LogP contribution in [0.2, 0.25) is 0 Å². The van der Waals surface area contributed by atoms with E-state index in [0.29, 0.717) is 24.5 Å². The molecule has 0 fully saturated rings. The summed E-state index contributed by atoms with van der Waals surface area (Å²) in [7, 11) is 3.24. The minimum atomic E-state index is 0.0737. The van der Waals surface area contributed by atoms with Crippen LogP contribution >= 0.6 is 11.8 Å². The minimum absolute atomic E-state index is 0.0737. The zero-order valence-electron chi connectivity index (χ0n) is 22.1. The van der Waals surface area contributed by atoms with Crippen LogP contribution in [0.1, 0.15) is 30.4 Å². The van der Waals surface area contributed by atoms with Crippen molar-refractivity contribution in [1.29, 1.82) is 0 Å². The fourth-order valence-electron chi connectivity index (χ4n) is 4.08. The van der Waals surface area contributed by atoms with E-state index in [1.165, 1.54) is 5.56 Å². The van der Waals surface area contributed by atoms with Crippen LogP contribution in [0.5, 0.6) is 11.5 Å². The predicted octanol–water partition coefficient (Wildman–Crippen LogP) is 5.88. The molecule has 3 aromatic carbocycles. The first-order chi connectivity index (χ1) is 18.6. The SMILES string of the molecule is COc1ccc(CCNC(=O)CCCCSc2nnc(-c3ccc(C)cc3)n2-c2ccccc2)cc1OC. The normalized spacial score (nSPS) is 10.8. The summed E-state index contributed by atoms with van der Waals surface area (Å²) in [5.41, 5.74) is 4.36. The number of aromatic nitrogens is 3. The number of nitrogens with one attached hydrogen (secondary N) is 1. The largest absolute Gasteiger partial charge is 0.493 e. The average molecular weight is 531 g/mol. The van der Waals surface area contributed by atoms with Crippen molar-refractivity contribution in [3.8, 4) is 28.6 Å². The molecule has 198 valence electrons. The Labute approximate surface area is 228 Å². The summed E-state index contributed by atoms with van der Waals surface area (Å²) < 4.78 is 12.7. The van der Waals surface area contributed by atoms with Gasteiger partial charge in [-0.05, 0) is 56.0 Å². The van der Waals surface area contributed by atoms with Crippen LogP contribution in [0.3, 0.4) is 0 Å². The molecule has 38 heavy (non-hydrogen) atoms. The molecule has 0 saturated heterocycles. The van der Waals surface area contributed by atoms with Gasteiger partial charge in [0.05, 0.1) is 14.2 Å². The number of carbonyl (C=O) groups is 1. The molecule has 8 heteroatoms. The van der Waals surface area contributed by atoms with Crippen LogP contribution < -0.4 is 14.8 Å². The van der Waals surface area contributed by atoms with E-state index in [1.54, 1.807) is 26.0 Å². The van der Waals surface area contributed by atoms with E-state index in [9.17, 15) is 4.79 Å². The Morgan fingerprint density at radius 3 is 2.42 bits per heavy atom. The molecular weight excluding hydrogens is 496 g/mol. The number of hydrogen-bond donors (Lipinski definition) is 1. The summed E-state index contributed by atoms with van der Waals surface area (Å²) in [6.07, 6.45) is 2.97. The third-order valence-corrected chi connectivity index (χ3v) is 7.19. The van der Waals surface area contributed by atoms with E-state index in [1.807, 2.05) is 36.4 Å². The first-order valence-electron chi connectivity index (χ1n) is 12.8. The van der Waals surface area contributed by atoms with Crippen LogP contribution in [0.25, 0.3) is 17.1 Å². The molecular formula is C30H34N4O3S. The van der Waals surface area contributed by atoms with Crippen LogP contribution in [-0.2, 0) is 11.2 Å². The number of methoxy groups -OCH3 is 2. The third-order valence-electron chi connectivity index (χ3n) is 6.17. The van der Waals surface area contributed by atoms with E-state index in [0.717, 1.165) is 52.8 Å². The number of rotatable bonds is 13. The van der Waals surface area contributed by atoms with Gasteiger partial charge in [0, 0.05) is 30.0 Å². The second-order valence-corrected chi connectivity index (χ2v) is 10.0. The molecule has 1 aromatic heterocycles. The summed E-state index contributed by atoms with van der Waals surface area (Å²) in [4.78, 5) is 12.3. The predicted molar refractivity (Wildman–Crippen MR) is 152 cm³/mol. The molecule has 0 spiro atoms. The lowest BCUT2D eigenvalue weighted by molar-refractivity contribution is -0.121. The molecule has 0 saturated carbocycles. The van der Waals surface area contributed by atoms with Crippen molar-refractivity contribution in [3.63, 3.8) is 0 Å². The molecule has 0 atom stereocenters. The van der Waals surface area contributed by atoms with Crippen molar-refractivity contribution >= 4 is 17.7 Å². The average Bonchev–Trinajstić information content (AvgIpc) is 3.37. The van der Waals surface area contributed by atoms with Gasteiger partial charge in [0.25, 0.3) is 0 Å². The quantitative estimate of drug-likeness (QED) is 0.172. The first-order valence-corrected chi connectivity index (χ1v) is 13.8. The van der Waals surface area contributed by atoms with E-state index in [4.69, 9.17) is 9.47 Å². The summed E-state index contributed by atoms with van der Waals surface area (Å²) >= 11 is 1.67. The van der Waals surface area contributed by atoms with Crippen molar-refractivity contribution in [1.82, 2.24) is 20.1 Å². The zero-order chi connectivity index (χ0) is 26.7. The highest BCUT2D eigenvalue weighted by atomic mass is 32.2. The standard InChI is InChI=1S/C30H34N4O3S/c1-22-12-15-24(16-13-22)29-32-33-30(34(29)25-9-5-4-6-10-25)38-20-8-7-11-28(35)31-19-18-23-14-17-26(36-2)27(21-23)37-3/h4-6,9-10,12-17,21H,7-8,11,18-20H2,1-3H3,(H,31,35). The Balaban J connectivity index is 1.25. The fourth-order valence-corrected chi connectivity index (χ4v) is 5.04. The van der Waals surface area contributed by atoms with Gasteiger partial charge >= 0.3 is 0 Å². The molecule has 0 radical (unpaired) electrons.